The lowest BCUT2D eigenvalue weighted by atomic mass is 9.75. The summed E-state index contributed by atoms with van der Waals surface area (Å²) in [7, 11) is -3.55. The van der Waals surface area contributed by atoms with E-state index in [-0.39, 0.29) is 17.6 Å². The fraction of sp³-hybridized carbons (Fsp3) is 0.455. The van der Waals surface area contributed by atoms with Crippen molar-refractivity contribution in [1.29, 1.82) is 0 Å². The number of allylic oxidation sites excluding steroid dienone is 1. The molecule has 1 fully saturated rings. The fourth-order valence-corrected chi connectivity index (χ4v) is 6.08. The molecule has 1 aromatic carbocycles. The predicted molar refractivity (Wildman–Crippen MR) is 106 cm³/mol. The van der Waals surface area contributed by atoms with Crippen molar-refractivity contribution in [2.75, 3.05) is 12.9 Å². The number of ether oxygens (including phenoxy) is 2. The van der Waals surface area contributed by atoms with Gasteiger partial charge >= 0.3 is 0 Å². The fourth-order valence-electron chi connectivity index (χ4n) is 4.40. The molecular formula is C22H24F2O4S. The lowest BCUT2D eigenvalue weighted by Gasteiger charge is -2.39. The van der Waals surface area contributed by atoms with Gasteiger partial charge in [-0.25, -0.2) is 17.2 Å². The number of halogens is 2. The van der Waals surface area contributed by atoms with Gasteiger partial charge in [0.15, 0.2) is 21.5 Å². The van der Waals surface area contributed by atoms with Crippen LogP contribution < -0.4 is 4.74 Å². The highest BCUT2D eigenvalue weighted by atomic mass is 32.2. The van der Waals surface area contributed by atoms with Crippen molar-refractivity contribution in [2.45, 2.75) is 37.5 Å². The Balaban J connectivity index is 1.77. The van der Waals surface area contributed by atoms with Crippen molar-refractivity contribution >= 4 is 9.84 Å². The van der Waals surface area contributed by atoms with Gasteiger partial charge in [-0.15, -0.1) is 0 Å². The van der Waals surface area contributed by atoms with Crippen molar-refractivity contribution in [1.82, 2.24) is 0 Å². The Kier molecular flexibility index (Phi) is 5.15. The van der Waals surface area contributed by atoms with Crippen LogP contribution in [0.1, 0.15) is 26.2 Å². The molecule has 0 saturated heterocycles. The van der Waals surface area contributed by atoms with Gasteiger partial charge in [-0.2, -0.15) is 0 Å². The summed E-state index contributed by atoms with van der Waals surface area (Å²) in [5.74, 6) is -1.29. The van der Waals surface area contributed by atoms with Gasteiger partial charge in [0, 0.05) is 17.7 Å². The van der Waals surface area contributed by atoms with Crippen molar-refractivity contribution < 1.29 is 26.7 Å². The maximum absolute atomic E-state index is 13.7. The maximum Gasteiger partial charge on any atom is 0.162 e. The first kappa shape index (κ1) is 20.3. The molecule has 156 valence electrons. The quantitative estimate of drug-likeness (QED) is 0.640. The Morgan fingerprint density at radius 3 is 2.59 bits per heavy atom. The van der Waals surface area contributed by atoms with Crippen LogP contribution in [0.15, 0.2) is 53.8 Å². The molecular weight excluding hydrogens is 398 g/mol. The average Bonchev–Trinajstić information content (AvgIpc) is 3.24. The molecule has 0 N–H and O–H groups in total. The SMILES string of the molecule is CC1(CC2CC2)C=C(C2C=CCO2)C=C(Oc2ccc(F)c(F)c2)C1S(C)(=O)=O. The predicted octanol–water partition coefficient (Wildman–Crippen LogP) is 4.34. The van der Waals surface area contributed by atoms with Gasteiger partial charge in [-0.05, 0) is 36.1 Å². The minimum absolute atomic E-state index is 0.0571. The number of benzene rings is 1. The molecule has 4 rings (SSSR count). The lowest BCUT2D eigenvalue weighted by molar-refractivity contribution is 0.152. The third-order valence-corrected chi connectivity index (χ3v) is 7.28. The Hall–Kier alpha value is -1.99. The van der Waals surface area contributed by atoms with E-state index in [4.69, 9.17) is 9.47 Å². The summed E-state index contributed by atoms with van der Waals surface area (Å²) in [4.78, 5) is 0. The average molecular weight is 422 g/mol. The molecule has 1 heterocycles. The van der Waals surface area contributed by atoms with E-state index in [2.05, 4.69) is 0 Å². The van der Waals surface area contributed by atoms with E-state index in [1.807, 2.05) is 25.2 Å². The number of hydrogen-bond acceptors (Lipinski definition) is 4. The van der Waals surface area contributed by atoms with Gasteiger partial charge < -0.3 is 9.47 Å². The van der Waals surface area contributed by atoms with Crippen LogP contribution in [-0.2, 0) is 14.6 Å². The number of rotatable bonds is 6. The molecule has 29 heavy (non-hydrogen) atoms. The van der Waals surface area contributed by atoms with Crippen LogP contribution in [0.5, 0.6) is 5.75 Å². The highest BCUT2D eigenvalue weighted by Gasteiger charge is 2.48. The van der Waals surface area contributed by atoms with E-state index in [9.17, 15) is 17.2 Å². The largest absolute Gasteiger partial charge is 0.460 e. The first-order chi connectivity index (χ1) is 13.7. The summed E-state index contributed by atoms with van der Waals surface area (Å²) in [6, 6.07) is 3.19. The van der Waals surface area contributed by atoms with Crippen LogP contribution in [-0.4, -0.2) is 32.6 Å². The van der Waals surface area contributed by atoms with Gasteiger partial charge in [0.05, 0.1) is 6.61 Å². The Morgan fingerprint density at radius 1 is 1.24 bits per heavy atom. The van der Waals surface area contributed by atoms with Crippen molar-refractivity contribution in [3.8, 4) is 5.75 Å². The van der Waals surface area contributed by atoms with E-state index in [1.54, 1.807) is 6.08 Å². The number of sulfone groups is 1. The van der Waals surface area contributed by atoms with Crippen molar-refractivity contribution in [3.05, 3.63) is 65.5 Å². The summed E-state index contributed by atoms with van der Waals surface area (Å²) < 4.78 is 64.2. The number of hydrogen-bond donors (Lipinski definition) is 0. The van der Waals surface area contributed by atoms with Gasteiger partial charge in [-0.1, -0.05) is 38.0 Å². The maximum atomic E-state index is 13.7. The van der Waals surface area contributed by atoms with Crippen LogP contribution in [0.4, 0.5) is 8.78 Å². The summed E-state index contributed by atoms with van der Waals surface area (Å²) in [6.07, 6.45) is 11.3. The van der Waals surface area contributed by atoms with Crippen LogP contribution in [0.3, 0.4) is 0 Å². The Labute approximate surface area is 169 Å². The molecule has 1 saturated carbocycles. The molecule has 4 nitrogen and oxygen atoms in total. The summed E-state index contributed by atoms with van der Waals surface area (Å²) in [6.45, 7) is 2.42. The molecule has 3 atom stereocenters. The van der Waals surface area contributed by atoms with E-state index in [0.717, 1.165) is 30.5 Å². The molecule has 3 unspecified atom stereocenters. The second-order valence-electron chi connectivity index (χ2n) is 8.41. The van der Waals surface area contributed by atoms with Crippen LogP contribution >= 0.6 is 0 Å². The molecule has 1 aromatic rings. The normalized spacial score (nSPS) is 29.5. The van der Waals surface area contributed by atoms with E-state index in [1.165, 1.54) is 12.3 Å². The van der Waals surface area contributed by atoms with Gasteiger partial charge in [0.25, 0.3) is 0 Å². The van der Waals surface area contributed by atoms with Crippen molar-refractivity contribution in [2.24, 2.45) is 11.3 Å². The molecule has 3 aliphatic rings. The monoisotopic (exact) mass is 422 g/mol. The molecule has 0 radical (unpaired) electrons. The highest BCUT2D eigenvalue weighted by molar-refractivity contribution is 7.91. The standard InChI is InChI=1S/C22H24F2O4S/c1-22(12-14-5-6-14)13-15(19-4-3-9-27-19)10-20(21(22)29(2,25)26)28-16-7-8-17(23)18(24)11-16/h3-4,7-8,10-11,13-14,19,21H,5-6,9,12H2,1-2H3. The van der Waals surface area contributed by atoms with Gasteiger partial charge in [0.2, 0.25) is 0 Å². The first-order valence-electron chi connectivity index (χ1n) is 9.70. The smallest absolute Gasteiger partial charge is 0.162 e. The Bertz CT molecular complexity index is 1010. The second kappa shape index (κ2) is 7.36. The molecule has 0 spiro atoms. The van der Waals surface area contributed by atoms with E-state index >= 15 is 0 Å². The third kappa shape index (κ3) is 4.31. The third-order valence-electron chi connectivity index (χ3n) is 5.65. The lowest BCUT2D eigenvalue weighted by Crippen LogP contribution is -2.43. The van der Waals surface area contributed by atoms with E-state index in [0.29, 0.717) is 18.9 Å². The van der Waals surface area contributed by atoms with Crippen molar-refractivity contribution in [3.63, 3.8) is 0 Å². The zero-order valence-corrected chi connectivity index (χ0v) is 17.2. The molecule has 0 aromatic heterocycles. The minimum atomic E-state index is -3.55. The topological polar surface area (TPSA) is 52.6 Å². The van der Waals surface area contributed by atoms with Gasteiger partial charge in [0.1, 0.15) is 22.9 Å². The molecule has 2 aliphatic carbocycles. The van der Waals surface area contributed by atoms with E-state index < -0.39 is 32.1 Å². The zero-order chi connectivity index (χ0) is 20.8. The molecule has 7 heteroatoms. The molecule has 0 bridgehead atoms. The summed E-state index contributed by atoms with van der Waals surface area (Å²) in [5, 5.41) is -0.919. The molecule has 0 amide bonds. The van der Waals surface area contributed by atoms with Crippen LogP contribution in [0, 0.1) is 23.0 Å². The highest BCUT2D eigenvalue weighted by Crippen LogP contribution is 2.49. The summed E-state index contributed by atoms with van der Waals surface area (Å²) in [5.41, 5.74) is 0.131. The summed E-state index contributed by atoms with van der Waals surface area (Å²) >= 11 is 0. The van der Waals surface area contributed by atoms with Crippen LogP contribution in [0.25, 0.3) is 0 Å². The Morgan fingerprint density at radius 2 is 2.00 bits per heavy atom. The first-order valence-corrected chi connectivity index (χ1v) is 11.7. The minimum Gasteiger partial charge on any atom is -0.460 e. The van der Waals surface area contributed by atoms with Gasteiger partial charge in [-0.3, -0.25) is 0 Å². The molecule has 1 aliphatic heterocycles. The zero-order valence-electron chi connectivity index (χ0n) is 16.4. The van der Waals surface area contributed by atoms with Crippen LogP contribution in [0.2, 0.25) is 0 Å². The second-order valence-corrected chi connectivity index (χ2v) is 10.5.